The van der Waals surface area contributed by atoms with Crippen molar-refractivity contribution in [1.82, 2.24) is 14.8 Å². The maximum Gasteiger partial charge on any atom is 0.241 e. The number of aryl methyl sites for hydroxylation is 1. The van der Waals surface area contributed by atoms with E-state index < -0.39 is 0 Å². The van der Waals surface area contributed by atoms with Crippen LogP contribution >= 0.6 is 0 Å². The van der Waals surface area contributed by atoms with Crippen LogP contribution in [0, 0.1) is 0 Å². The maximum atomic E-state index is 12.8. The third-order valence-corrected chi connectivity index (χ3v) is 3.97. The summed E-state index contributed by atoms with van der Waals surface area (Å²) in [6.45, 7) is 3.62. The molecule has 0 aliphatic heterocycles. The van der Waals surface area contributed by atoms with Gasteiger partial charge in [0.1, 0.15) is 12.4 Å². The number of hydrogen-bond donors (Lipinski definition) is 0. The van der Waals surface area contributed by atoms with Gasteiger partial charge >= 0.3 is 0 Å². The lowest BCUT2D eigenvalue weighted by molar-refractivity contribution is 0.292. The van der Waals surface area contributed by atoms with Crippen LogP contribution in [-0.2, 0) is 13.7 Å². The third-order valence-electron chi connectivity index (χ3n) is 3.97. The van der Waals surface area contributed by atoms with Gasteiger partial charge in [-0.2, -0.15) is 0 Å². The summed E-state index contributed by atoms with van der Waals surface area (Å²) >= 11 is 0. The van der Waals surface area contributed by atoms with Gasteiger partial charge in [0, 0.05) is 31.3 Å². The summed E-state index contributed by atoms with van der Waals surface area (Å²) in [6.07, 6.45) is 6.63. The van der Waals surface area contributed by atoms with Crippen LogP contribution in [0.5, 0.6) is 5.88 Å². The zero-order valence-electron chi connectivity index (χ0n) is 15.6. The lowest BCUT2D eigenvalue weighted by Crippen LogP contribution is -1.99. The molecule has 5 nitrogen and oxygen atoms in total. The molecule has 0 saturated carbocycles. The standard InChI is InChI=1S/C21H21FN4O/c1-15(22)12-24-16(2)18-6-4-17(5-7-18)14-27-21-20(13-26(3)25-21)19-8-10-23-11-9-19/h4-13H,14H2,1-3H3/b15-12+,24-16?. The lowest BCUT2D eigenvalue weighted by Gasteiger charge is -2.07. The van der Waals surface area contributed by atoms with E-state index in [9.17, 15) is 4.39 Å². The van der Waals surface area contributed by atoms with Gasteiger partial charge in [-0.1, -0.05) is 24.3 Å². The van der Waals surface area contributed by atoms with Gasteiger partial charge in [-0.25, -0.2) is 4.39 Å². The molecule has 138 valence electrons. The molecular weight excluding hydrogens is 343 g/mol. The number of aliphatic imine (C=N–C) groups is 1. The van der Waals surface area contributed by atoms with Crippen molar-refractivity contribution in [1.29, 1.82) is 0 Å². The van der Waals surface area contributed by atoms with Gasteiger partial charge in [0.2, 0.25) is 5.88 Å². The summed E-state index contributed by atoms with van der Waals surface area (Å²) in [4.78, 5) is 8.14. The first-order chi connectivity index (χ1) is 13.0. The minimum Gasteiger partial charge on any atom is -0.471 e. The van der Waals surface area contributed by atoms with Crippen LogP contribution in [0.4, 0.5) is 4.39 Å². The first kappa shape index (κ1) is 18.5. The van der Waals surface area contributed by atoms with Crippen molar-refractivity contribution in [3.8, 4) is 17.0 Å². The van der Waals surface area contributed by atoms with Gasteiger partial charge in [-0.3, -0.25) is 14.7 Å². The number of aromatic nitrogens is 3. The number of allylic oxidation sites excluding steroid dienone is 1. The van der Waals surface area contributed by atoms with E-state index in [4.69, 9.17) is 4.74 Å². The number of pyridine rings is 1. The fourth-order valence-electron chi connectivity index (χ4n) is 2.56. The van der Waals surface area contributed by atoms with Gasteiger partial charge in [0.25, 0.3) is 0 Å². The molecule has 0 unspecified atom stereocenters. The Kier molecular flexibility index (Phi) is 5.76. The Bertz CT molecular complexity index is 956. The van der Waals surface area contributed by atoms with Crippen LogP contribution in [0.2, 0.25) is 0 Å². The van der Waals surface area contributed by atoms with Crippen LogP contribution < -0.4 is 4.74 Å². The fourth-order valence-corrected chi connectivity index (χ4v) is 2.56. The highest BCUT2D eigenvalue weighted by molar-refractivity contribution is 5.99. The Labute approximate surface area is 157 Å². The van der Waals surface area contributed by atoms with Crippen molar-refractivity contribution in [2.24, 2.45) is 12.0 Å². The van der Waals surface area contributed by atoms with E-state index in [1.807, 2.05) is 56.6 Å². The van der Waals surface area contributed by atoms with E-state index >= 15 is 0 Å². The van der Waals surface area contributed by atoms with Gasteiger partial charge < -0.3 is 4.74 Å². The summed E-state index contributed by atoms with van der Waals surface area (Å²) in [5, 5.41) is 4.40. The monoisotopic (exact) mass is 364 g/mol. The Balaban J connectivity index is 1.71. The second kappa shape index (κ2) is 8.40. The lowest BCUT2D eigenvalue weighted by atomic mass is 10.1. The second-order valence-corrected chi connectivity index (χ2v) is 6.17. The first-order valence-electron chi connectivity index (χ1n) is 8.56. The van der Waals surface area contributed by atoms with Gasteiger partial charge in [0.05, 0.1) is 11.8 Å². The molecule has 0 atom stereocenters. The summed E-state index contributed by atoms with van der Waals surface area (Å²) in [5.41, 5.74) is 4.63. The summed E-state index contributed by atoms with van der Waals surface area (Å²) < 4.78 is 20.5. The van der Waals surface area contributed by atoms with Crippen LogP contribution in [0.1, 0.15) is 25.0 Å². The summed E-state index contributed by atoms with van der Waals surface area (Å²) in [6, 6.07) is 11.7. The molecule has 0 aliphatic carbocycles. The molecule has 3 aromatic rings. The number of halogens is 1. The Morgan fingerprint density at radius 3 is 2.52 bits per heavy atom. The van der Waals surface area contributed by atoms with Crippen LogP contribution in [0.3, 0.4) is 0 Å². The van der Waals surface area contributed by atoms with Crippen molar-refractivity contribution in [2.45, 2.75) is 20.5 Å². The zero-order chi connectivity index (χ0) is 19.2. The highest BCUT2D eigenvalue weighted by Gasteiger charge is 2.11. The molecule has 0 aliphatic rings. The molecule has 0 bridgehead atoms. The van der Waals surface area contributed by atoms with Crippen molar-refractivity contribution < 1.29 is 9.13 Å². The number of benzene rings is 1. The van der Waals surface area contributed by atoms with E-state index in [1.165, 1.54) is 13.1 Å². The number of nitrogens with zero attached hydrogens (tertiary/aromatic N) is 4. The minimum atomic E-state index is -0.320. The summed E-state index contributed by atoms with van der Waals surface area (Å²) in [5.74, 6) is 0.258. The van der Waals surface area contributed by atoms with E-state index in [2.05, 4.69) is 15.1 Å². The predicted octanol–water partition coefficient (Wildman–Crippen LogP) is 4.70. The molecule has 0 amide bonds. The normalized spacial score (nSPS) is 12.3. The van der Waals surface area contributed by atoms with Crippen molar-refractivity contribution in [2.75, 3.05) is 0 Å². The Morgan fingerprint density at radius 1 is 1.15 bits per heavy atom. The second-order valence-electron chi connectivity index (χ2n) is 6.17. The van der Waals surface area contributed by atoms with Crippen molar-refractivity contribution in [3.05, 3.63) is 78.1 Å². The van der Waals surface area contributed by atoms with E-state index in [0.717, 1.165) is 28.0 Å². The number of hydrogen-bond acceptors (Lipinski definition) is 4. The quantitative estimate of drug-likeness (QED) is 0.596. The average molecular weight is 364 g/mol. The highest BCUT2D eigenvalue weighted by Crippen LogP contribution is 2.28. The largest absolute Gasteiger partial charge is 0.471 e. The molecule has 2 heterocycles. The molecule has 0 fully saturated rings. The van der Waals surface area contributed by atoms with Gasteiger partial charge in [0.15, 0.2) is 0 Å². The molecule has 0 spiro atoms. The topological polar surface area (TPSA) is 52.3 Å². The molecule has 1 aromatic carbocycles. The molecule has 3 rings (SSSR count). The van der Waals surface area contributed by atoms with E-state index in [-0.39, 0.29) is 5.83 Å². The Morgan fingerprint density at radius 2 is 1.85 bits per heavy atom. The highest BCUT2D eigenvalue weighted by atomic mass is 19.1. The Hall–Kier alpha value is -3.28. The van der Waals surface area contributed by atoms with E-state index in [1.54, 1.807) is 17.1 Å². The average Bonchev–Trinajstić information content (AvgIpc) is 3.06. The van der Waals surface area contributed by atoms with Gasteiger partial charge in [-0.05, 0) is 42.7 Å². The smallest absolute Gasteiger partial charge is 0.241 e. The predicted molar refractivity (Wildman–Crippen MR) is 104 cm³/mol. The molecule has 0 saturated heterocycles. The molecule has 27 heavy (non-hydrogen) atoms. The number of rotatable bonds is 6. The maximum absolute atomic E-state index is 12.8. The van der Waals surface area contributed by atoms with Crippen LogP contribution in [-0.4, -0.2) is 20.5 Å². The number of ether oxygens (including phenoxy) is 1. The van der Waals surface area contributed by atoms with Gasteiger partial charge in [-0.15, -0.1) is 5.10 Å². The zero-order valence-corrected chi connectivity index (χ0v) is 15.6. The minimum absolute atomic E-state index is 0.320. The van der Waals surface area contributed by atoms with Crippen LogP contribution in [0.25, 0.3) is 11.1 Å². The van der Waals surface area contributed by atoms with E-state index in [0.29, 0.717) is 12.5 Å². The SMILES string of the molecule is CC(=N/C=C(\C)F)c1ccc(COc2nn(C)cc2-c2ccncc2)cc1. The van der Waals surface area contributed by atoms with Crippen molar-refractivity contribution >= 4 is 5.71 Å². The first-order valence-corrected chi connectivity index (χ1v) is 8.56. The van der Waals surface area contributed by atoms with Crippen molar-refractivity contribution in [3.63, 3.8) is 0 Å². The summed E-state index contributed by atoms with van der Waals surface area (Å²) in [7, 11) is 1.86. The molecular formula is C21H21FN4O. The molecule has 6 heteroatoms. The molecule has 0 radical (unpaired) electrons. The van der Waals surface area contributed by atoms with Crippen LogP contribution in [0.15, 0.2) is 72.0 Å². The third kappa shape index (κ3) is 4.88. The molecule has 0 N–H and O–H groups in total. The molecule has 2 aromatic heterocycles. The fraction of sp³-hybridized carbons (Fsp3) is 0.190.